The van der Waals surface area contributed by atoms with Crippen LogP contribution in [0.15, 0.2) is 34.6 Å². The first-order chi connectivity index (χ1) is 13.1. The highest BCUT2D eigenvalue weighted by Gasteiger charge is 2.18. The molecule has 1 amide bonds. The Kier molecular flexibility index (Phi) is 5.77. The Morgan fingerprint density at radius 1 is 1.37 bits per heavy atom. The number of ether oxygens (including phenoxy) is 1. The van der Waals surface area contributed by atoms with Crippen LogP contribution in [0.4, 0.5) is 5.82 Å². The molecular formula is C17H20N6O3S. The molecule has 1 aromatic carbocycles. The highest BCUT2D eigenvalue weighted by molar-refractivity contribution is 7.99. The lowest BCUT2D eigenvalue weighted by Gasteiger charge is -2.10. The van der Waals surface area contributed by atoms with Crippen LogP contribution in [0, 0.1) is 6.92 Å². The largest absolute Gasteiger partial charge is 0.497 e. The van der Waals surface area contributed by atoms with E-state index in [4.69, 9.17) is 9.94 Å². The first kappa shape index (κ1) is 18.9. The summed E-state index contributed by atoms with van der Waals surface area (Å²) in [6, 6.07) is 5.82. The maximum atomic E-state index is 11.5. The number of anilines is 1. The summed E-state index contributed by atoms with van der Waals surface area (Å²) in [6.07, 6.45) is 1.54. The number of nitrogens with one attached hydrogen (secondary N) is 2. The highest BCUT2D eigenvalue weighted by atomic mass is 32.2. The van der Waals surface area contributed by atoms with Gasteiger partial charge in [0.15, 0.2) is 22.1 Å². The average Bonchev–Trinajstić information content (AvgIpc) is 3.04. The lowest BCUT2D eigenvalue weighted by atomic mass is 10.2. The van der Waals surface area contributed by atoms with Gasteiger partial charge in [-0.25, -0.2) is 20.4 Å². The Hall–Kier alpha value is -2.85. The van der Waals surface area contributed by atoms with Gasteiger partial charge < -0.3 is 14.6 Å². The molecule has 0 fully saturated rings. The number of imidazole rings is 1. The molecule has 0 unspecified atom stereocenters. The number of carbonyl (C=O) groups is 1. The number of aromatic nitrogens is 4. The smallest absolute Gasteiger partial charge is 0.245 e. The number of carbonyl (C=O) groups excluding carboxylic acids is 1. The average molecular weight is 388 g/mol. The number of benzene rings is 1. The third-order valence-corrected chi connectivity index (χ3v) is 5.17. The molecule has 2 aromatic heterocycles. The second kappa shape index (κ2) is 8.23. The van der Waals surface area contributed by atoms with Gasteiger partial charge >= 0.3 is 0 Å². The van der Waals surface area contributed by atoms with Crippen LogP contribution in [0.2, 0.25) is 0 Å². The van der Waals surface area contributed by atoms with E-state index in [-0.39, 0.29) is 6.42 Å². The van der Waals surface area contributed by atoms with Crippen molar-refractivity contribution in [3.63, 3.8) is 0 Å². The zero-order chi connectivity index (χ0) is 19.4. The van der Waals surface area contributed by atoms with Crippen LogP contribution in [0.5, 0.6) is 5.75 Å². The van der Waals surface area contributed by atoms with Crippen LogP contribution >= 0.6 is 11.8 Å². The molecule has 3 aromatic rings. The minimum atomic E-state index is -0.478. The van der Waals surface area contributed by atoms with Gasteiger partial charge in [-0.15, -0.1) is 0 Å². The standard InChI is InChI=1S/C17H20N6O3S/c1-10-4-5-11(26-3)8-12(10)27-17-21-14-15(18-2)19-9-20-16(14)23(17)7-6-13(24)22-25/h4-5,8-9,25H,6-7H2,1-3H3,(H,22,24)(H,18,19,20). The highest BCUT2D eigenvalue weighted by Crippen LogP contribution is 2.35. The molecule has 27 heavy (non-hydrogen) atoms. The number of aryl methyl sites for hydroxylation is 2. The van der Waals surface area contributed by atoms with Crippen molar-refractivity contribution in [3.05, 3.63) is 30.1 Å². The maximum absolute atomic E-state index is 11.5. The monoisotopic (exact) mass is 388 g/mol. The van der Waals surface area contributed by atoms with Crippen molar-refractivity contribution in [2.45, 2.75) is 29.9 Å². The summed E-state index contributed by atoms with van der Waals surface area (Å²) in [4.78, 5) is 25.7. The van der Waals surface area contributed by atoms with E-state index in [1.54, 1.807) is 19.6 Å². The van der Waals surface area contributed by atoms with E-state index >= 15 is 0 Å². The topological polar surface area (TPSA) is 114 Å². The molecule has 0 bridgehead atoms. The molecule has 3 N–H and O–H groups in total. The first-order valence-corrected chi connectivity index (χ1v) is 9.03. The van der Waals surface area contributed by atoms with Crippen molar-refractivity contribution in [2.24, 2.45) is 0 Å². The van der Waals surface area contributed by atoms with E-state index in [0.29, 0.717) is 28.7 Å². The molecule has 2 heterocycles. The summed E-state index contributed by atoms with van der Waals surface area (Å²) >= 11 is 1.46. The van der Waals surface area contributed by atoms with Gasteiger partial charge in [0.05, 0.1) is 7.11 Å². The number of fused-ring (bicyclic) bond motifs is 1. The summed E-state index contributed by atoms with van der Waals surface area (Å²) in [7, 11) is 3.38. The van der Waals surface area contributed by atoms with Crippen molar-refractivity contribution in [3.8, 4) is 5.75 Å². The van der Waals surface area contributed by atoms with E-state index in [0.717, 1.165) is 16.2 Å². The summed E-state index contributed by atoms with van der Waals surface area (Å²) < 4.78 is 7.16. The molecule has 0 atom stereocenters. The zero-order valence-corrected chi connectivity index (χ0v) is 16.0. The van der Waals surface area contributed by atoms with Gasteiger partial charge in [0.1, 0.15) is 12.1 Å². The van der Waals surface area contributed by atoms with Gasteiger partial charge in [0, 0.05) is 24.9 Å². The molecule has 142 valence electrons. The number of hydrogen-bond acceptors (Lipinski definition) is 8. The molecule has 0 aliphatic rings. The van der Waals surface area contributed by atoms with Crippen LogP contribution in [-0.2, 0) is 11.3 Å². The van der Waals surface area contributed by atoms with Gasteiger partial charge in [-0.1, -0.05) is 17.8 Å². The Bertz CT molecular complexity index is 975. The lowest BCUT2D eigenvalue weighted by Crippen LogP contribution is -2.20. The lowest BCUT2D eigenvalue weighted by molar-refractivity contribution is -0.129. The zero-order valence-electron chi connectivity index (χ0n) is 15.2. The molecule has 3 rings (SSSR count). The fourth-order valence-electron chi connectivity index (χ4n) is 2.56. The normalized spacial score (nSPS) is 10.8. The van der Waals surface area contributed by atoms with Crippen LogP contribution in [-0.4, -0.2) is 44.8 Å². The number of rotatable bonds is 7. The van der Waals surface area contributed by atoms with Crippen molar-refractivity contribution in [1.82, 2.24) is 25.0 Å². The van der Waals surface area contributed by atoms with E-state index < -0.39 is 5.91 Å². The second-order valence-corrected chi connectivity index (χ2v) is 6.72. The maximum Gasteiger partial charge on any atom is 0.245 e. The van der Waals surface area contributed by atoms with Crippen LogP contribution in [0.3, 0.4) is 0 Å². The van der Waals surface area contributed by atoms with E-state index in [1.807, 2.05) is 29.7 Å². The van der Waals surface area contributed by atoms with Gasteiger partial charge in [-0.3, -0.25) is 10.0 Å². The Labute approximate surface area is 160 Å². The molecule has 0 spiro atoms. The summed E-state index contributed by atoms with van der Waals surface area (Å²) in [5, 5.41) is 12.5. The van der Waals surface area contributed by atoms with Gasteiger partial charge in [0.25, 0.3) is 0 Å². The molecule has 9 nitrogen and oxygen atoms in total. The third-order valence-electron chi connectivity index (χ3n) is 4.02. The molecular weight excluding hydrogens is 368 g/mol. The van der Waals surface area contributed by atoms with E-state index in [9.17, 15) is 4.79 Å². The minimum absolute atomic E-state index is 0.0888. The number of hydroxylamine groups is 1. The Morgan fingerprint density at radius 3 is 2.89 bits per heavy atom. The Morgan fingerprint density at radius 2 is 2.19 bits per heavy atom. The first-order valence-electron chi connectivity index (χ1n) is 8.21. The predicted octanol–water partition coefficient (Wildman–Crippen LogP) is 2.23. The molecule has 0 aliphatic carbocycles. The summed E-state index contributed by atoms with van der Waals surface area (Å²) in [5.74, 6) is 0.879. The van der Waals surface area contributed by atoms with Crippen molar-refractivity contribution >= 4 is 34.7 Å². The second-order valence-electron chi connectivity index (χ2n) is 5.71. The number of methoxy groups -OCH3 is 1. The van der Waals surface area contributed by atoms with E-state index in [1.165, 1.54) is 18.1 Å². The Balaban J connectivity index is 2.06. The summed E-state index contributed by atoms with van der Waals surface area (Å²) in [6.45, 7) is 2.32. The molecule has 0 saturated heterocycles. The van der Waals surface area contributed by atoms with Gasteiger partial charge in [0.2, 0.25) is 5.91 Å². The summed E-state index contributed by atoms with van der Waals surface area (Å²) in [5.41, 5.74) is 3.96. The number of nitrogens with zero attached hydrogens (tertiary/aromatic N) is 4. The minimum Gasteiger partial charge on any atom is -0.497 e. The number of hydrogen-bond donors (Lipinski definition) is 3. The predicted molar refractivity (Wildman–Crippen MR) is 101 cm³/mol. The molecule has 0 saturated carbocycles. The fraction of sp³-hybridized carbons (Fsp3) is 0.294. The van der Waals surface area contributed by atoms with Gasteiger partial charge in [-0.2, -0.15) is 0 Å². The van der Waals surface area contributed by atoms with Crippen molar-refractivity contribution in [2.75, 3.05) is 19.5 Å². The van der Waals surface area contributed by atoms with Crippen molar-refractivity contribution in [1.29, 1.82) is 0 Å². The molecule has 0 aliphatic heterocycles. The quantitative estimate of drug-likeness (QED) is 0.417. The van der Waals surface area contributed by atoms with Crippen LogP contribution in [0.1, 0.15) is 12.0 Å². The van der Waals surface area contributed by atoms with Gasteiger partial charge in [-0.05, 0) is 24.6 Å². The van der Waals surface area contributed by atoms with Crippen molar-refractivity contribution < 1.29 is 14.7 Å². The third kappa shape index (κ3) is 3.96. The molecule has 0 radical (unpaired) electrons. The van der Waals surface area contributed by atoms with Crippen LogP contribution < -0.4 is 15.5 Å². The SMILES string of the molecule is CNc1ncnc2c1nc(Sc1cc(OC)ccc1C)n2CCC(=O)NO. The van der Waals surface area contributed by atoms with E-state index in [2.05, 4.69) is 20.3 Å². The molecule has 10 heteroatoms. The fourth-order valence-corrected chi connectivity index (χ4v) is 3.59. The van der Waals surface area contributed by atoms with Crippen LogP contribution in [0.25, 0.3) is 11.2 Å². The number of amides is 1.